The van der Waals surface area contributed by atoms with Gasteiger partial charge in [0.15, 0.2) is 0 Å². The minimum Gasteiger partial charge on any atom is -0.301 e. The molecule has 0 aliphatic heterocycles. The van der Waals surface area contributed by atoms with Crippen LogP contribution in [0, 0.1) is 16.7 Å². The van der Waals surface area contributed by atoms with Crippen LogP contribution in [-0.4, -0.2) is 37.1 Å². The average molecular weight is 225 g/mol. The van der Waals surface area contributed by atoms with Crippen LogP contribution >= 0.6 is 0 Å². The van der Waals surface area contributed by atoms with Gasteiger partial charge in [-0.3, -0.25) is 0 Å². The van der Waals surface area contributed by atoms with Gasteiger partial charge in [-0.25, -0.2) is 0 Å². The molecular formula is C13H27N3. The highest BCUT2D eigenvalue weighted by atomic mass is 15.2. The zero-order valence-corrected chi connectivity index (χ0v) is 11.7. The van der Waals surface area contributed by atoms with E-state index in [4.69, 9.17) is 5.26 Å². The molecular weight excluding hydrogens is 198 g/mol. The maximum Gasteiger partial charge on any atom is 0.108 e. The van der Waals surface area contributed by atoms with Gasteiger partial charge < -0.3 is 10.2 Å². The predicted molar refractivity (Wildman–Crippen MR) is 69.2 cm³/mol. The van der Waals surface area contributed by atoms with Crippen molar-refractivity contribution in [1.29, 1.82) is 5.26 Å². The molecule has 94 valence electrons. The normalized spacial score (nSPS) is 15.9. The van der Waals surface area contributed by atoms with Crippen molar-refractivity contribution in [1.82, 2.24) is 10.2 Å². The van der Waals surface area contributed by atoms with E-state index < -0.39 is 0 Å². The van der Waals surface area contributed by atoms with Gasteiger partial charge in [-0.2, -0.15) is 5.26 Å². The zero-order chi connectivity index (χ0) is 12.8. The second-order valence-electron chi connectivity index (χ2n) is 5.62. The summed E-state index contributed by atoms with van der Waals surface area (Å²) in [6.45, 7) is 12.7. The fourth-order valence-electron chi connectivity index (χ4n) is 1.58. The third-order valence-electron chi connectivity index (χ3n) is 3.18. The first kappa shape index (κ1) is 15.4. The molecule has 1 N–H and O–H groups in total. The molecule has 2 unspecified atom stereocenters. The van der Waals surface area contributed by atoms with Crippen molar-refractivity contribution >= 4 is 0 Å². The summed E-state index contributed by atoms with van der Waals surface area (Å²) in [5, 5.41) is 12.3. The SMILES string of the molecule is CCCNC(C#N)CN(C)C(C)C(C)(C)C. The van der Waals surface area contributed by atoms with Gasteiger partial charge in [-0.15, -0.1) is 0 Å². The topological polar surface area (TPSA) is 39.1 Å². The van der Waals surface area contributed by atoms with Crippen molar-refractivity contribution < 1.29 is 0 Å². The van der Waals surface area contributed by atoms with Crippen LogP contribution in [0.4, 0.5) is 0 Å². The fraction of sp³-hybridized carbons (Fsp3) is 0.923. The van der Waals surface area contributed by atoms with Crippen molar-refractivity contribution in [2.75, 3.05) is 20.1 Å². The van der Waals surface area contributed by atoms with E-state index in [0.717, 1.165) is 19.5 Å². The molecule has 3 heteroatoms. The Bertz CT molecular complexity index is 224. The highest BCUT2D eigenvalue weighted by molar-refractivity contribution is 4.93. The van der Waals surface area contributed by atoms with E-state index in [0.29, 0.717) is 6.04 Å². The van der Waals surface area contributed by atoms with E-state index in [-0.39, 0.29) is 11.5 Å². The van der Waals surface area contributed by atoms with E-state index in [1.54, 1.807) is 0 Å². The molecule has 0 fully saturated rings. The Morgan fingerprint density at radius 2 is 1.94 bits per heavy atom. The Labute approximate surface area is 101 Å². The smallest absolute Gasteiger partial charge is 0.108 e. The van der Waals surface area contributed by atoms with E-state index >= 15 is 0 Å². The molecule has 3 nitrogen and oxygen atoms in total. The van der Waals surface area contributed by atoms with Gasteiger partial charge in [-0.1, -0.05) is 27.7 Å². The third-order valence-corrected chi connectivity index (χ3v) is 3.18. The number of hydrogen-bond donors (Lipinski definition) is 1. The summed E-state index contributed by atoms with van der Waals surface area (Å²) in [4.78, 5) is 2.26. The number of rotatable bonds is 6. The van der Waals surface area contributed by atoms with Gasteiger partial charge in [-0.05, 0) is 32.4 Å². The molecule has 0 rings (SSSR count). The first-order chi connectivity index (χ1) is 7.32. The second kappa shape index (κ2) is 6.88. The highest BCUT2D eigenvalue weighted by Gasteiger charge is 2.25. The van der Waals surface area contributed by atoms with Crippen LogP contribution in [0.15, 0.2) is 0 Å². The summed E-state index contributed by atoms with van der Waals surface area (Å²) in [5.74, 6) is 0. The maximum absolute atomic E-state index is 9.05. The number of nitriles is 1. The van der Waals surface area contributed by atoms with E-state index in [2.05, 4.69) is 58.0 Å². The lowest BCUT2D eigenvalue weighted by atomic mass is 9.87. The zero-order valence-electron chi connectivity index (χ0n) is 11.7. The van der Waals surface area contributed by atoms with Gasteiger partial charge in [0.1, 0.15) is 6.04 Å². The number of nitrogens with zero attached hydrogens (tertiary/aromatic N) is 2. The Morgan fingerprint density at radius 1 is 1.38 bits per heavy atom. The van der Waals surface area contributed by atoms with Crippen LogP contribution < -0.4 is 5.32 Å². The Hall–Kier alpha value is -0.590. The molecule has 0 aliphatic carbocycles. The molecule has 0 aromatic rings. The maximum atomic E-state index is 9.05. The molecule has 0 aliphatic rings. The summed E-state index contributed by atoms with van der Waals surface area (Å²) in [5.41, 5.74) is 0.250. The van der Waals surface area contributed by atoms with Crippen molar-refractivity contribution in [2.45, 2.75) is 53.1 Å². The molecule has 0 bridgehead atoms. The number of hydrogen-bond acceptors (Lipinski definition) is 3. The predicted octanol–water partition coefficient (Wildman–Crippen LogP) is 2.24. The lowest BCUT2D eigenvalue weighted by Crippen LogP contribution is -2.46. The quantitative estimate of drug-likeness (QED) is 0.753. The van der Waals surface area contributed by atoms with Crippen molar-refractivity contribution in [3.63, 3.8) is 0 Å². The van der Waals surface area contributed by atoms with Gasteiger partial charge in [0, 0.05) is 12.6 Å². The first-order valence-electron chi connectivity index (χ1n) is 6.16. The van der Waals surface area contributed by atoms with Crippen molar-refractivity contribution in [2.24, 2.45) is 5.41 Å². The van der Waals surface area contributed by atoms with Crippen LogP contribution in [-0.2, 0) is 0 Å². The average Bonchev–Trinajstić information content (AvgIpc) is 2.21. The second-order valence-corrected chi connectivity index (χ2v) is 5.62. The van der Waals surface area contributed by atoms with Crippen LogP contribution in [0.25, 0.3) is 0 Å². The summed E-state index contributed by atoms with van der Waals surface area (Å²) in [7, 11) is 2.09. The largest absolute Gasteiger partial charge is 0.301 e. The molecule has 0 radical (unpaired) electrons. The van der Waals surface area contributed by atoms with Gasteiger partial charge in [0.05, 0.1) is 6.07 Å². The Morgan fingerprint density at radius 3 is 2.31 bits per heavy atom. The lowest BCUT2D eigenvalue weighted by Gasteiger charge is -2.36. The summed E-state index contributed by atoms with van der Waals surface area (Å²) in [6, 6.07) is 2.73. The highest BCUT2D eigenvalue weighted by Crippen LogP contribution is 2.22. The van der Waals surface area contributed by atoms with E-state index in [1.807, 2.05) is 0 Å². The summed E-state index contributed by atoms with van der Waals surface area (Å²) >= 11 is 0. The summed E-state index contributed by atoms with van der Waals surface area (Å²) in [6.07, 6.45) is 1.07. The lowest BCUT2D eigenvalue weighted by molar-refractivity contribution is 0.135. The molecule has 0 amide bonds. The molecule has 16 heavy (non-hydrogen) atoms. The minimum atomic E-state index is -0.0604. The Kier molecular flexibility index (Phi) is 6.62. The molecule has 0 aromatic carbocycles. The third kappa shape index (κ3) is 5.48. The number of nitrogens with one attached hydrogen (secondary N) is 1. The molecule has 0 saturated heterocycles. The molecule has 2 atom stereocenters. The molecule has 0 aromatic heterocycles. The van der Waals surface area contributed by atoms with Gasteiger partial charge >= 0.3 is 0 Å². The number of likely N-dealkylation sites (N-methyl/N-ethyl adjacent to an activating group) is 1. The molecule has 0 spiro atoms. The van der Waals surface area contributed by atoms with Gasteiger partial charge in [0.2, 0.25) is 0 Å². The van der Waals surface area contributed by atoms with Gasteiger partial charge in [0.25, 0.3) is 0 Å². The van der Waals surface area contributed by atoms with Crippen LogP contribution in [0.1, 0.15) is 41.0 Å². The molecule has 0 heterocycles. The first-order valence-corrected chi connectivity index (χ1v) is 6.16. The van der Waals surface area contributed by atoms with E-state index in [1.165, 1.54) is 0 Å². The molecule has 0 saturated carbocycles. The summed E-state index contributed by atoms with van der Waals surface area (Å²) < 4.78 is 0. The van der Waals surface area contributed by atoms with Crippen LogP contribution in [0.5, 0.6) is 0 Å². The minimum absolute atomic E-state index is 0.0604. The standard InChI is InChI=1S/C13H27N3/c1-7-8-15-12(9-14)10-16(6)11(2)13(3,4)5/h11-12,15H,7-8,10H2,1-6H3. The Balaban J connectivity index is 4.20. The van der Waals surface area contributed by atoms with Crippen molar-refractivity contribution in [3.05, 3.63) is 0 Å². The fourth-order valence-corrected chi connectivity index (χ4v) is 1.58. The van der Waals surface area contributed by atoms with Crippen LogP contribution in [0.3, 0.4) is 0 Å². The van der Waals surface area contributed by atoms with E-state index in [9.17, 15) is 0 Å². The monoisotopic (exact) mass is 225 g/mol. The van der Waals surface area contributed by atoms with Crippen LogP contribution in [0.2, 0.25) is 0 Å². The van der Waals surface area contributed by atoms with Crippen molar-refractivity contribution in [3.8, 4) is 6.07 Å².